The van der Waals surface area contributed by atoms with Crippen LogP contribution < -0.4 is 9.62 Å². The fourth-order valence-corrected chi connectivity index (χ4v) is 5.52. The standard InChI is InChI=1S/C19H27N3OS2/c1-4-21-25(23)18-12-15(22(2)3)10-11-16(18)17-13-20-19(24-17)14-8-6-5-7-9-14/h10-14,21H,4-9H2,1-3H3. The Balaban J connectivity index is 1.95. The summed E-state index contributed by atoms with van der Waals surface area (Å²) in [5, 5.41) is 1.24. The molecule has 0 spiro atoms. The van der Waals surface area contributed by atoms with Crippen LogP contribution in [-0.4, -0.2) is 29.8 Å². The molecule has 1 heterocycles. The van der Waals surface area contributed by atoms with Crippen LogP contribution >= 0.6 is 11.3 Å². The van der Waals surface area contributed by atoms with E-state index in [0.29, 0.717) is 12.5 Å². The first-order valence-corrected chi connectivity index (χ1v) is 11.0. The molecule has 25 heavy (non-hydrogen) atoms. The summed E-state index contributed by atoms with van der Waals surface area (Å²) in [6.07, 6.45) is 8.45. The number of thiazole rings is 1. The van der Waals surface area contributed by atoms with E-state index < -0.39 is 11.0 Å². The van der Waals surface area contributed by atoms with Crippen molar-refractivity contribution >= 4 is 28.0 Å². The summed E-state index contributed by atoms with van der Waals surface area (Å²) in [7, 11) is 2.79. The van der Waals surface area contributed by atoms with Crippen molar-refractivity contribution in [3.63, 3.8) is 0 Å². The van der Waals surface area contributed by atoms with Crippen LogP contribution in [0.25, 0.3) is 10.4 Å². The molecule has 0 radical (unpaired) electrons. The molecule has 4 nitrogen and oxygen atoms in total. The van der Waals surface area contributed by atoms with Gasteiger partial charge in [0.15, 0.2) is 0 Å². The molecule has 6 heteroatoms. The minimum Gasteiger partial charge on any atom is -0.378 e. The van der Waals surface area contributed by atoms with E-state index in [2.05, 4.69) is 16.9 Å². The summed E-state index contributed by atoms with van der Waals surface area (Å²) >= 11 is 1.77. The molecule has 1 unspecified atom stereocenters. The van der Waals surface area contributed by atoms with Gasteiger partial charge in [-0.3, -0.25) is 0 Å². The van der Waals surface area contributed by atoms with Crippen LogP contribution in [0.15, 0.2) is 29.3 Å². The first-order chi connectivity index (χ1) is 12.1. The van der Waals surface area contributed by atoms with Gasteiger partial charge in [0.2, 0.25) is 0 Å². The second kappa shape index (κ2) is 8.43. The number of aromatic nitrogens is 1. The average Bonchev–Trinajstić information content (AvgIpc) is 3.12. The van der Waals surface area contributed by atoms with E-state index in [-0.39, 0.29) is 0 Å². The molecule has 1 N–H and O–H groups in total. The van der Waals surface area contributed by atoms with Crippen molar-refractivity contribution in [2.45, 2.75) is 49.8 Å². The highest BCUT2D eigenvalue weighted by Gasteiger charge is 2.21. The minimum atomic E-state index is -1.22. The molecule has 0 amide bonds. The summed E-state index contributed by atoms with van der Waals surface area (Å²) < 4.78 is 15.7. The molecule has 0 aliphatic heterocycles. The van der Waals surface area contributed by atoms with Gasteiger partial charge in [0.1, 0.15) is 11.0 Å². The number of benzene rings is 1. The lowest BCUT2D eigenvalue weighted by Crippen LogP contribution is -2.18. The molecular formula is C19H27N3OS2. The molecule has 136 valence electrons. The second-order valence-corrected chi connectivity index (χ2v) is 9.07. The fraction of sp³-hybridized carbons (Fsp3) is 0.526. The highest BCUT2D eigenvalue weighted by molar-refractivity contribution is 7.83. The highest BCUT2D eigenvalue weighted by atomic mass is 32.2. The van der Waals surface area contributed by atoms with E-state index in [1.165, 1.54) is 37.1 Å². The van der Waals surface area contributed by atoms with Gasteiger partial charge in [-0.25, -0.2) is 13.9 Å². The lowest BCUT2D eigenvalue weighted by Gasteiger charge is -2.19. The van der Waals surface area contributed by atoms with Gasteiger partial charge in [0.05, 0.1) is 14.8 Å². The van der Waals surface area contributed by atoms with Crippen LogP contribution in [0.4, 0.5) is 5.69 Å². The minimum absolute atomic E-state index is 0.608. The van der Waals surface area contributed by atoms with Crippen molar-refractivity contribution in [2.24, 2.45) is 0 Å². The van der Waals surface area contributed by atoms with Gasteiger partial charge < -0.3 is 4.90 Å². The zero-order valence-electron chi connectivity index (χ0n) is 15.2. The maximum Gasteiger partial charge on any atom is 0.125 e. The molecule has 2 aromatic rings. The highest BCUT2D eigenvalue weighted by Crippen LogP contribution is 2.39. The molecular weight excluding hydrogens is 350 g/mol. The van der Waals surface area contributed by atoms with Crippen molar-refractivity contribution in [1.82, 2.24) is 9.71 Å². The quantitative estimate of drug-likeness (QED) is 0.803. The van der Waals surface area contributed by atoms with Gasteiger partial charge in [-0.1, -0.05) is 32.3 Å². The van der Waals surface area contributed by atoms with E-state index in [4.69, 9.17) is 4.98 Å². The Bertz CT molecular complexity index is 736. The molecule has 1 fully saturated rings. The lowest BCUT2D eigenvalue weighted by atomic mass is 9.90. The van der Waals surface area contributed by atoms with E-state index in [1.807, 2.05) is 38.2 Å². The molecule has 1 aromatic carbocycles. The molecule has 1 aromatic heterocycles. The first kappa shape index (κ1) is 18.5. The Labute approximate surface area is 157 Å². The van der Waals surface area contributed by atoms with Gasteiger partial charge in [-0.15, -0.1) is 11.3 Å². The summed E-state index contributed by atoms with van der Waals surface area (Å²) in [4.78, 5) is 8.70. The third-order valence-corrected chi connectivity index (χ3v) is 7.18. The number of hydrogen-bond donors (Lipinski definition) is 1. The van der Waals surface area contributed by atoms with Gasteiger partial charge in [-0.05, 0) is 25.0 Å². The zero-order chi connectivity index (χ0) is 17.8. The molecule has 1 atom stereocenters. The normalized spacial score (nSPS) is 16.8. The third kappa shape index (κ3) is 4.30. The van der Waals surface area contributed by atoms with E-state index in [0.717, 1.165) is 21.0 Å². The number of rotatable bonds is 6. The average molecular weight is 378 g/mol. The maximum atomic E-state index is 12.7. The van der Waals surface area contributed by atoms with E-state index >= 15 is 0 Å². The number of hydrogen-bond acceptors (Lipinski definition) is 4. The van der Waals surface area contributed by atoms with Crippen LogP contribution in [-0.2, 0) is 11.0 Å². The summed E-state index contributed by atoms with van der Waals surface area (Å²) in [5.74, 6) is 0.608. The fourth-order valence-electron chi connectivity index (χ4n) is 3.31. The topological polar surface area (TPSA) is 45.2 Å². The number of anilines is 1. The van der Waals surface area contributed by atoms with Crippen molar-refractivity contribution in [3.8, 4) is 10.4 Å². The number of nitrogens with zero attached hydrogens (tertiary/aromatic N) is 2. The number of nitrogens with one attached hydrogen (secondary N) is 1. The van der Waals surface area contributed by atoms with Gasteiger partial charge in [0.25, 0.3) is 0 Å². The Morgan fingerprint density at radius 2 is 2.04 bits per heavy atom. The SMILES string of the molecule is CCNS(=O)c1cc(N(C)C)ccc1-c1cnc(C2CCCCC2)s1. The second-order valence-electron chi connectivity index (χ2n) is 6.74. The predicted molar refractivity (Wildman–Crippen MR) is 108 cm³/mol. The molecule has 1 aliphatic carbocycles. The molecule has 3 rings (SSSR count). The van der Waals surface area contributed by atoms with Gasteiger partial charge in [-0.2, -0.15) is 0 Å². The smallest absolute Gasteiger partial charge is 0.125 e. The third-order valence-electron chi connectivity index (χ3n) is 4.70. The Morgan fingerprint density at radius 1 is 1.28 bits per heavy atom. The van der Waals surface area contributed by atoms with Crippen LogP contribution in [0.3, 0.4) is 0 Å². The van der Waals surface area contributed by atoms with Crippen LogP contribution in [0.2, 0.25) is 0 Å². The van der Waals surface area contributed by atoms with Crippen molar-refractivity contribution in [1.29, 1.82) is 0 Å². The van der Waals surface area contributed by atoms with E-state index in [1.54, 1.807) is 11.3 Å². The lowest BCUT2D eigenvalue weighted by molar-refractivity contribution is 0.442. The van der Waals surface area contributed by atoms with Crippen LogP contribution in [0.5, 0.6) is 0 Å². The first-order valence-electron chi connectivity index (χ1n) is 9.03. The molecule has 1 saturated carbocycles. The van der Waals surface area contributed by atoms with Crippen LogP contribution in [0.1, 0.15) is 50.0 Å². The monoisotopic (exact) mass is 377 g/mol. The summed E-state index contributed by atoms with van der Waals surface area (Å²) in [5.41, 5.74) is 2.09. The molecule has 0 saturated heterocycles. The summed E-state index contributed by atoms with van der Waals surface area (Å²) in [6.45, 7) is 2.65. The molecule has 0 bridgehead atoms. The largest absolute Gasteiger partial charge is 0.378 e. The van der Waals surface area contributed by atoms with Crippen LogP contribution in [0, 0.1) is 0 Å². The molecule has 1 aliphatic rings. The van der Waals surface area contributed by atoms with Crippen molar-refractivity contribution in [3.05, 3.63) is 29.4 Å². The van der Waals surface area contributed by atoms with E-state index in [9.17, 15) is 4.21 Å². The predicted octanol–water partition coefficient (Wildman–Crippen LogP) is 4.56. The van der Waals surface area contributed by atoms with Gasteiger partial charge >= 0.3 is 0 Å². The van der Waals surface area contributed by atoms with Crippen molar-refractivity contribution < 1.29 is 4.21 Å². The maximum absolute atomic E-state index is 12.7. The van der Waals surface area contributed by atoms with Gasteiger partial charge in [0, 0.05) is 44.0 Å². The Kier molecular flexibility index (Phi) is 6.25. The Morgan fingerprint density at radius 3 is 2.72 bits per heavy atom. The zero-order valence-corrected chi connectivity index (χ0v) is 16.9. The summed E-state index contributed by atoms with van der Waals surface area (Å²) in [6, 6.07) is 6.19. The van der Waals surface area contributed by atoms with Crippen molar-refractivity contribution in [2.75, 3.05) is 25.5 Å². The Hall–Kier alpha value is -1.24.